The first-order valence-electron chi connectivity index (χ1n) is 4.65. The van der Waals surface area contributed by atoms with Crippen LogP contribution in [0.3, 0.4) is 0 Å². The number of allylic oxidation sites excluding steroid dienone is 1. The van der Waals surface area contributed by atoms with Gasteiger partial charge in [-0.05, 0) is 0 Å². The fraction of sp³-hybridized carbons (Fsp3) is 0.364. The molecule has 0 aliphatic rings. The van der Waals surface area contributed by atoms with Crippen LogP contribution >= 0.6 is 0 Å². The van der Waals surface area contributed by atoms with Gasteiger partial charge in [-0.3, -0.25) is 5.10 Å². The molecule has 0 spiro atoms. The van der Waals surface area contributed by atoms with Crippen molar-refractivity contribution in [1.82, 2.24) is 10.2 Å². The van der Waals surface area contributed by atoms with E-state index >= 15 is 0 Å². The Labute approximate surface area is 80.7 Å². The van der Waals surface area contributed by atoms with Crippen molar-refractivity contribution < 1.29 is 0 Å². The molecule has 0 fully saturated rings. The molecule has 0 amide bonds. The van der Waals surface area contributed by atoms with Crippen LogP contribution in [-0.2, 0) is 0 Å². The van der Waals surface area contributed by atoms with Crippen molar-refractivity contribution in [2.75, 3.05) is 0 Å². The number of nitrogens with one attached hydrogen (secondary N) is 1. The molecular formula is C11H20N2. The van der Waals surface area contributed by atoms with Gasteiger partial charge in [0.1, 0.15) is 0 Å². The Morgan fingerprint density at radius 1 is 1.31 bits per heavy atom. The second kappa shape index (κ2) is 10.7. The largest absolute Gasteiger partial charge is 0.278 e. The maximum absolute atomic E-state index is 3.77. The molecule has 1 aromatic heterocycles. The number of rotatable bonds is 1. The van der Waals surface area contributed by atoms with Gasteiger partial charge < -0.3 is 0 Å². The molecule has 1 heterocycles. The summed E-state index contributed by atoms with van der Waals surface area (Å²) in [5.41, 5.74) is 0. The van der Waals surface area contributed by atoms with Gasteiger partial charge >= 0.3 is 0 Å². The Morgan fingerprint density at radius 3 is 2.15 bits per heavy atom. The van der Waals surface area contributed by atoms with Crippen molar-refractivity contribution in [2.45, 2.75) is 27.7 Å². The third kappa shape index (κ3) is 5.91. The molecule has 1 N–H and O–H groups in total. The topological polar surface area (TPSA) is 28.7 Å². The van der Waals surface area contributed by atoms with Crippen LogP contribution < -0.4 is 10.6 Å². The molecule has 0 aliphatic heterocycles. The average molecular weight is 180 g/mol. The molecule has 0 aromatic carbocycles. The van der Waals surface area contributed by atoms with E-state index in [-0.39, 0.29) is 0 Å². The molecule has 74 valence electrons. The number of aromatic amines is 1. The van der Waals surface area contributed by atoms with Gasteiger partial charge in [0, 0.05) is 5.22 Å². The molecule has 2 nitrogen and oxygen atoms in total. The summed E-state index contributed by atoms with van der Waals surface area (Å²) in [7, 11) is 0. The summed E-state index contributed by atoms with van der Waals surface area (Å²) in [6.45, 7) is 15.3. The lowest BCUT2D eigenvalue weighted by molar-refractivity contribution is 1.06. The highest BCUT2D eigenvalue weighted by molar-refractivity contribution is 5.33. The van der Waals surface area contributed by atoms with Gasteiger partial charge in [-0.1, -0.05) is 53.0 Å². The number of hydrogen-bond donors (Lipinski definition) is 1. The lowest BCUT2D eigenvalue weighted by Gasteiger charge is -1.67. The Kier molecular flexibility index (Phi) is 11.7. The number of H-pyrrole nitrogens is 1. The summed E-state index contributed by atoms with van der Waals surface area (Å²) in [6, 6.07) is 0. The van der Waals surface area contributed by atoms with Crippen LogP contribution in [0.5, 0.6) is 0 Å². The highest BCUT2D eigenvalue weighted by Crippen LogP contribution is 1.60. The predicted molar refractivity (Wildman–Crippen MR) is 60.7 cm³/mol. The van der Waals surface area contributed by atoms with Gasteiger partial charge in [0.15, 0.2) is 0 Å². The summed E-state index contributed by atoms with van der Waals surface area (Å²) in [5.74, 6) is 0. The van der Waals surface area contributed by atoms with E-state index in [9.17, 15) is 0 Å². The van der Waals surface area contributed by atoms with Gasteiger partial charge in [-0.15, -0.1) is 0 Å². The minimum atomic E-state index is 0.829. The molecule has 13 heavy (non-hydrogen) atoms. The van der Waals surface area contributed by atoms with Crippen LogP contribution in [0.1, 0.15) is 27.7 Å². The molecule has 0 saturated heterocycles. The van der Waals surface area contributed by atoms with E-state index in [1.165, 1.54) is 0 Å². The molecule has 0 atom stereocenters. The average Bonchev–Trinajstić information content (AvgIpc) is 2.60. The first-order valence-corrected chi connectivity index (χ1v) is 4.65. The number of aromatic nitrogens is 2. The molecule has 0 aliphatic carbocycles. The van der Waals surface area contributed by atoms with Crippen LogP contribution in [-0.4, -0.2) is 10.2 Å². The number of hydrogen-bond acceptors (Lipinski definition) is 1. The van der Waals surface area contributed by atoms with Crippen molar-refractivity contribution in [3.8, 4) is 0 Å². The minimum Gasteiger partial charge on any atom is -0.278 e. The molecular weight excluding hydrogens is 160 g/mol. The predicted octanol–water partition coefficient (Wildman–Crippen LogP) is 1.84. The second-order valence-corrected chi connectivity index (χ2v) is 1.71. The minimum absolute atomic E-state index is 0.829. The highest BCUT2D eigenvalue weighted by atomic mass is 15.1. The summed E-state index contributed by atoms with van der Waals surface area (Å²) >= 11 is 0. The van der Waals surface area contributed by atoms with E-state index in [1.807, 2.05) is 33.8 Å². The zero-order chi connectivity index (χ0) is 10.7. The zero-order valence-corrected chi connectivity index (χ0v) is 9.09. The van der Waals surface area contributed by atoms with Crippen LogP contribution in [0.25, 0.3) is 12.7 Å². The van der Waals surface area contributed by atoms with Crippen molar-refractivity contribution in [2.24, 2.45) is 0 Å². The van der Waals surface area contributed by atoms with Crippen LogP contribution in [0.4, 0.5) is 0 Å². The molecule has 1 aromatic rings. The molecule has 0 unspecified atom stereocenters. The van der Waals surface area contributed by atoms with Crippen molar-refractivity contribution in [3.63, 3.8) is 0 Å². The van der Waals surface area contributed by atoms with E-state index in [4.69, 9.17) is 0 Å². The van der Waals surface area contributed by atoms with Gasteiger partial charge in [-0.2, -0.15) is 5.10 Å². The van der Waals surface area contributed by atoms with Gasteiger partial charge in [0.25, 0.3) is 0 Å². The zero-order valence-electron chi connectivity index (χ0n) is 9.09. The van der Waals surface area contributed by atoms with Crippen LogP contribution in [0.15, 0.2) is 18.9 Å². The molecule has 0 saturated carbocycles. The van der Waals surface area contributed by atoms with Crippen molar-refractivity contribution >= 4 is 12.7 Å². The standard InChI is InChI=1S/C7H8N2.2C2H6/c1-3-4-7-5-8-9-6(7)2;2*1-2/h3-5,9H,1-2H2;2*1-2H3/b7-4-;;. The Morgan fingerprint density at radius 2 is 1.85 bits per heavy atom. The van der Waals surface area contributed by atoms with E-state index in [2.05, 4.69) is 23.4 Å². The maximum Gasteiger partial charge on any atom is 0.0578 e. The van der Waals surface area contributed by atoms with Gasteiger partial charge in [0.05, 0.1) is 11.5 Å². The van der Waals surface area contributed by atoms with Gasteiger partial charge in [-0.25, -0.2) is 0 Å². The van der Waals surface area contributed by atoms with Crippen LogP contribution in [0.2, 0.25) is 0 Å². The lowest BCUT2D eigenvalue weighted by Crippen LogP contribution is -2.19. The maximum atomic E-state index is 3.77. The summed E-state index contributed by atoms with van der Waals surface area (Å²) < 4.78 is 0. The Hall–Kier alpha value is -1.31. The summed E-state index contributed by atoms with van der Waals surface area (Å²) in [6.07, 6.45) is 5.27. The van der Waals surface area contributed by atoms with E-state index in [1.54, 1.807) is 12.3 Å². The van der Waals surface area contributed by atoms with Crippen molar-refractivity contribution in [1.29, 1.82) is 0 Å². The molecule has 0 radical (unpaired) electrons. The smallest absolute Gasteiger partial charge is 0.0578 e. The SMILES string of the molecule is C=C/C=c1/cn[nH]c1=C.CC.CC. The van der Waals surface area contributed by atoms with Crippen molar-refractivity contribution in [3.05, 3.63) is 29.4 Å². The fourth-order valence-corrected chi connectivity index (χ4v) is 0.593. The van der Waals surface area contributed by atoms with Gasteiger partial charge in [0.2, 0.25) is 0 Å². The summed E-state index contributed by atoms with van der Waals surface area (Å²) in [4.78, 5) is 0. The lowest BCUT2D eigenvalue weighted by atomic mass is 10.4. The number of nitrogens with zero attached hydrogens (tertiary/aromatic N) is 1. The Bertz CT molecular complexity index is 296. The quantitative estimate of drug-likeness (QED) is 0.702. The monoisotopic (exact) mass is 180 g/mol. The highest BCUT2D eigenvalue weighted by Gasteiger charge is 1.77. The van der Waals surface area contributed by atoms with Crippen LogP contribution in [0, 0.1) is 0 Å². The third-order valence-corrected chi connectivity index (χ3v) is 1.05. The molecule has 0 bridgehead atoms. The van der Waals surface area contributed by atoms with E-state index in [0.717, 1.165) is 10.6 Å². The van der Waals surface area contributed by atoms with E-state index < -0.39 is 0 Å². The summed E-state index contributed by atoms with van der Waals surface area (Å²) in [5, 5.41) is 8.31. The normalized spacial score (nSPS) is 9.08. The van der Waals surface area contributed by atoms with E-state index in [0.29, 0.717) is 0 Å². The second-order valence-electron chi connectivity index (χ2n) is 1.71. The fourth-order valence-electron chi connectivity index (χ4n) is 0.593. The Balaban J connectivity index is 0. The first-order chi connectivity index (χ1) is 6.34. The third-order valence-electron chi connectivity index (χ3n) is 1.05. The first kappa shape index (κ1) is 14.2. The molecule has 1 rings (SSSR count). The molecule has 2 heteroatoms.